The summed E-state index contributed by atoms with van der Waals surface area (Å²) in [5, 5.41) is 7.03. The Morgan fingerprint density at radius 1 is 1.25 bits per heavy atom. The maximum atomic E-state index is 5.11. The summed E-state index contributed by atoms with van der Waals surface area (Å²) in [5.74, 6) is 0.968. The molecule has 1 aliphatic heterocycles. The van der Waals surface area contributed by atoms with Crippen LogP contribution in [0.3, 0.4) is 0 Å². The van der Waals surface area contributed by atoms with Crippen molar-refractivity contribution in [2.75, 3.05) is 60.0 Å². The van der Waals surface area contributed by atoms with Gasteiger partial charge in [-0.25, -0.2) is 0 Å². The Morgan fingerprint density at radius 2 is 2.04 bits per heavy atom. The molecule has 0 aromatic heterocycles. The van der Waals surface area contributed by atoms with Crippen LogP contribution in [-0.4, -0.2) is 87.9 Å². The third-order valence-corrected chi connectivity index (χ3v) is 5.17. The number of likely N-dealkylation sites (tertiary alicyclic amines) is 1. The first-order chi connectivity index (χ1) is 11.7. The summed E-state index contributed by atoms with van der Waals surface area (Å²) < 4.78 is 5.11. The first kappa shape index (κ1) is 19.5. The minimum absolute atomic E-state index is 0.537. The van der Waals surface area contributed by atoms with Gasteiger partial charge in [-0.15, -0.1) is 0 Å². The molecule has 6 nitrogen and oxygen atoms in total. The summed E-state index contributed by atoms with van der Waals surface area (Å²) in [6, 6.07) is 1.38. The van der Waals surface area contributed by atoms with Crippen LogP contribution in [0.4, 0.5) is 0 Å². The van der Waals surface area contributed by atoms with Gasteiger partial charge < -0.3 is 20.3 Å². The lowest BCUT2D eigenvalue weighted by Crippen LogP contribution is -2.45. The van der Waals surface area contributed by atoms with Crippen molar-refractivity contribution in [2.45, 2.75) is 51.1 Å². The van der Waals surface area contributed by atoms with Gasteiger partial charge in [0.25, 0.3) is 0 Å². The molecule has 1 aliphatic carbocycles. The highest BCUT2D eigenvalue weighted by molar-refractivity contribution is 5.80. The van der Waals surface area contributed by atoms with E-state index in [0.29, 0.717) is 6.04 Å². The summed E-state index contributed by atoms with van der Waals surface area (Å²) in [6.45, 7) is 8.94. The average molecular weight is 340 g/mol. The van der Waals surface area contributed by atoms with E-state index >= 15 is 0 Å². The molecule has 1 saturated heterocycles. The molecule has 0 spiro atoms. The predicted octanol–water partition coefficient (Wildman–Crippen LogP) is 1.14. The van der Waals surface area contributed by atoms with Crippen LogP contribution < -0.4 is 10.6 Å². The number of nitrogens with one attached hydrogen (secondary N) is 2. The van der Waals surface area contributed by atoms with Crippen molar-refractivity contribution in [2.24, 2.45) is 4.99 Å². The van der Waals surface area contributed by atoms with Crippen LogP contribution >= 0.6 is 0 Å². The van der Waals surface area contributed by atoms with Gasteiger partial charge in [-0.1, -0.05) is 12.8 Å². The second-order valence-corrected chi connectivity index (χ2v) is 7.12. The number of ether oxygens (including phenoxy) is 1. The van der Waals surface area contributed by atoms with E-state index in [-0.39, 0.29) is 0 Å². The number of hydrogen-bond donors (Lipinski definition) is 2. The number of aliphatic imine (C=N–C) groups is 1. The summed E-state index contributed by atoms with van der Waals surface area (Å²) >= 11 is 0. The van der Waals surface area contributed by atoms with Crippen LogP contribution in [0, 0.1) is 0 Å². The first-order valence-corrected chi connectivity index (χ1v) is 9.69. The van der Waals surface area contributed by atoms with Crippen molar-refractivity contribution in [1.82, 2.24) is 20.4 Å². The molecule has 2 fully saturated rings. The zero-order valence-electron chi connectivity index (χ0n) is 15.9. The fourth-order valence-corrected chi connectivity index (χ4v) is 3.71. The molecule has 2 aliphatic rings. The number of guanidine groups is 1. The summed E-state index contributed by atoms with van der Waals surface area (Å²) in [6.07, 6.45) is 6.86. The number of methoxy groups -OCH3 is 1. The van der Waals surface area contributed by atoms with E-state index in [0.717, 1.165) is 44.8 Å². The summed E-state index contributed by atoms with van der Waals surface area (Å²) in [4.78, 5) is 9.69. The molecule has 1 atom stereocenters. The maximum absolute atomic E-state index is 5.11. The molecule has 2 N–H and O–H groups in total. The zero-order valence-corrected chi connectivity index (χ0v) is 15.9. The van der Waals surface area contributed by atoms with Gasteiger partial charge in [0.15, 0.2) is 5.96 Å². The van der Waals surface area contributed by atoms with Gasteiger partial charge in [0, 0.05) is 51.9 Å². The van der Waals surface area contributed by atoms with E-state index in [4.69, 9.17) is 9.73 Å². The SMILES string of the molecule is CCNC(=NCCN(C)CCOC)NC1CCN(C2CCCC2)C1. The standard InChI is InChI=1S/C18H37N5O/c1-4-19-18(20-10-12-22(2)13-14-24-3)21-16-9-11-23(15-16)17-7-5-6-8-17/h16-17H,4-15H2,1-3H3,(H2,19,20,21). The molecule has 6 heteroatoms. The smallest absolute Gasteiger partial charge is 0.191 e. The van der Waals surface area contributed by atoms with Crippen LogP contribution in [0.2, 0.25) is 0 Å². The number of hydrogen-bond acceptors (Lipinski definition) is 4. The third-order valence-electron chi connectivity index (χ3n) is 5.17. The Labute approximate surface area is 148 Å². The number of likely N-dealkylation sites (N-methyl/N-ethyl adjacent to an activating group) is 1. The molecule has 140 valence electrons. The van der Waals surface area contributed by atoms with Crippen molar-refractivity contribution in [3.8, 4) is 0 Å². The minimum Gasteiger partial charge on any atom is -0.383 e. The molecule has 0 radical (unpaired) electrons. The van der Waals surface area contributed by atoms with Gasteiger partial charge in [-0.05, 0) is 33.2 Å². The molecule has 2 rings (SSSR count). The Balaban J connectivity index is 1.72. The van der Waals surface area contributed by atoms with Crippen molar-refractivity contribution in [3.05, 3.63) is 0 Å². The van der Waals surface area contributed by atoms with E-state index < -0.39 is 0 Å². The van der Waals surface area contributed by atoms with Crippen LogP contribution in [0.25, 0.3) is 0 Å². The fraction of sp³-hybridized carbons (Fsp3) is 0.944. The molecule has 0 bridgehead atoms. The van der Waals surface area contributed by atoms with E-state index in [9.17, 15) is 0 Å². The lowest BCUT2D eigenvalue weighted by atomic mass is 10.2. The van der Waals surface area contributed by atoms with Crippen molar-refractivity contribution in [3.63, 3.8) is 0 Å². The molecule has 1 unspecified atom stereocenters. The molecule has 1 saturated carbocycles. The fourth-order valence-electron chi connectivity index (χ4n) is 3.71. The number of nitrogens with zero attached hydrogens (tertiary/aromatic N) is 3. The third kappa shape index (κ3) is 6.57. The Morgan fingerprint density at radius 3 is 2.75 bits per heavy atom. The highest BCUT2D eigenvalue weighted by atomic mass is 16.5. The van der Waals surface area contributed by atoms with Crippen LogP contribution in [0.1, 0.15) is 39.0 Å². The summed E-state index contributed by atoms with van der Waals surface area (Å²) in [5.41, 5.74) is 0. The van der Waals surface area contributed by atoms with E-state index in [1.54, 1.807) is 7.11 Å². The van der Waals surface area contributed by atoms with Gasteiger partial charge >= 0.3 is 0 Å². The highest BCUT2D eigenvalue weighted by Crippen LogP contribution is 2.26. The lowest BCUT2D eigenvalue weighted by molar-refractivity contribution is 0.163. The minimum atomic E-state index is 0.537. The van der Waals surface area contributed by atoms with Gasteiger partial charge in [0.1, 0.15) is 0 Å². The zero-order chi connectivity index (χ0) is 17.2. The topological polar surface area (TPSA) is 52.1 Å². The number of rotatable bonds is 9. The summed E-state index contributed by atoms with van der Waals surface area (Å²) in [7, 11) is 3.86. The molecule has 0 amide bonds. The van der Waals surface area contributed by atoms with Crippen LogP contribution in [0.15, 0.2) is 4.99 Å². The predicted molar refractivity (Wildman–Crippen MR) is 101 cm³/mol. The Kier molecular flexibility index (Phi) is 8.84. The average Bonchev–Trinajstić information content (AvgIpc) is 3.24. The molecule has 1 heterocycles. The van der Waals surface area contributed by atoms with Crippen molar-refractivity contribution < 1.29 is 4.74 Å². The van der Waals surface area contributed by atoms with Crippen LogP contribution in [-0.2, 0) is 4.74 Å². The maximum Gasteiger partial charge on any atom is 0.191 e. The van der Waals surface area contributed by atoms with Gasteiger partial charge in [0.05, 0.1) is 13.2 Å². The normalized spacial score (nSPS) is 23.3. The van der Waals surface area contributed by atoms with Gasteiger partial charge in [-0.3, -0.25) is 9.89 Å². The monoisotopic (exact) mass is 339 g/mol. The van der Waals surface area contributed by atoms with E-state index in [2.05, 4.69) is 34.4 Å². The second kappa shape index (κ2) is 10.9. The van der Waals surface area contributed by atoms with E-state index in [1.165, 1.54) is 45.2 Å². The van der Waals surface area contributed by atoms with E-state index in [1.807, 2.05) is 0 Å². The molecule has 24 heavy (non-hydrogen) atoms. The molecular formula is C18H37N5O. The van der Waals surface area contributed by atoms with Crippen LogP contribution in [0.5, 0.6) is 0 Å². The second-order valence-electron chi connectivity index (χ2n) is 7.12. The molecular weight excluding hydrogens is 302 g/mol. The largest absolute Gasteiger partial charge is 0.383 e. The Hall–Kier alpha value is -0.850. The highest BCUT2D eigenvalue weighted by Gasteiger charge is 2.30. The van der Waals surface area contributed by atoms with Gasteiger partial charge in [0.2, 0.25) is 0 Å². The quantitative estimate of drug-likeness (QED) is 0.487. The first-order valence-electron chi connectivity index (χ1n) is 9.69. The van der Waals surface area contributed by atoms with Crippen molar-refractivity contribution in [1.29, 1.82) is 0 Å². The molecule has 0 aromatic carbocycles. The Bertz CT molecular complexity index is 370. The molecule has 0 aromatic rings. The lowest BCUT2D eigenvalue weighted by Gasteiger charge is -2.24. The van der Waals surface area contributed by atoms with Gasteiger partial charge in [-0.2, -0.15) is 0 Å². The van der Waals surface area contributed by atoms with Crippen molar-refractivity contribution >= 4 is 5.96 Å².